The van der Waals surface area contributed by atoms with Gasteiger partial charge in [-0.3, -0.25) is 10.1 Å². The molecule has 2 aromatic heterocycles. The van der Waals surface area contributed by atoms with E-state index in [4.69, 9.17) is 17.3 Å². The summed E-state index contributed by atoms with van der Waals surface area (Å²) in [7, 11) is 0. The average molecular weight is 303 g/mol. The third kappa shape index (κ3) is 2.63. The van der Waals surface area contributed by atoms with Crippen molar-refractivity contribution in [2.75, 3.05) is 11.1 Å². The number of aryl methyl sites for hydroxylation is 1. The summed E-state index contributed by atoms with van der Waals surface area (Å²) >= 11 is 5.99. The minimum atomic E-state index is -0.364. The van der Waals surface area contributed by atoms with Gasteiger partial charge in [0.25, 0.3) is 5.91 Å². The number of benzene rings is 1. The molecule has 1 aromatic carbocycles. The van der Waals surface area contributed by atoms with Gasteiger partial charge < -0.3 is 10.7 Å². The first-order chi connectivity index (χ1) is 10.0. The number of carbonyl (C=O) groups excluding carboxylic acids is 1. The van der Waals surface area contributed by atoms with Crippen LogP contribution in [0, 0.1) is 6.92 Å². The van der Waals surface area contributed by atoms with Crippen molar-refractivity contribution in [3.8, 4) is 0 Å². The highest BCUT2D eigenvalue weighted by atomic mass is 35.5. The lowest BCUT2D eigenvalue weighted by Gasteiger charge is -2.06. The molecule has 0 bridgehead atoms. The Bertz CT molecular complexity index is 824. The topological polar surface area (TPSA) is 110 Å². The van der Waals surface area contributed by atoms with E-state index in [1.807, 2.05) is 6.92 Å². The van der Waals surface area contributed by atoms with Crippen LogP contribution in [0.25, 0.3) is 11.2 Å². The monoisotopic (exact) mass is 302 g/mol. The molecule has 0 saturated carbocycles. The maximum atomic E-state index is 12.2. The molecule has 0 fully saturated rings. The molecule has 7 nitrogen and oxygen atoms in total. The predicted octanol–water partition coefficient (Wildman–Crippen LogP) is 2.15. The van der Waals surface area contributed by atoms with Gasteiger partial charge >= 0.3 is 0 Å². The first kappa shape index (κ1) is 13.3. The molecule has 0 unspecified atom stereocenters. The summed E-state index contributed by atoms with van der Waals surface area (Å²) in [6.07, 6.45) is 1.46. The van der Waals surface area contributed by atoms with Gasteiger partial charge in [0, 0.05) is 11.3 Å². The smallest absolute Gasteiger partial charge is 0.258 e. The number of imidazole rings is 1. The Morgan fingerprint density at radius 3 is 2.90 bits per heavy atom. The van der Waals surface area contributed by atoms with Gasteiger partial charge in [0.15, 0.2) is 10.8 Å². The Morgan fingerprint density at radius 1 is 1.33 bits per heavy atom. The van der Waals surface area contributed by atoms with E-state index in [1.165, 1.54) is 6.33 Å². The van der Waals surface area contributed by atoms with E-state index in [-0.39, 0.29) is 17.0 Å². The van der Waals surface area contributed by atoms with E-state index >= 15 is 0 Å². The van der Waals surface area contributed by atoms with Gasteiger partial charge in [-0.1, -0.05) is 11.6 Å². The second kappa shape index (κ2) is 5.02. The molecule has 0 saturated heterocycles. The summed E-state index contributed by atoms with van der Waals surface area (Å²) < 4.78 is 0. The van der Waals surface area contributed by atoms with E-state index in [9.17, 15) is 4.79 Å². The van der Waals surface area contributed by atoms with Gasteiger partial charge in [-0.15, -0.1) is 0 Å². The minimum Gasteiger partial charge on any atom is -0.399 e. The molecule has 1 amide bonds. The number of H-pyrrole nitrogens is 1. The molecule has 0 aliphatic rings. The fourth-order valence-corrected chi connectivity index (χ4v) is 2.19. The third-order valence-corrected chi connectivity index (χ3v) is 3.10. The summed E-state index contributed by atoms with van der Waals surface area (Å²) in [6.45, 7) is 1.86. The van der Waals surface area contributed by atoms with Crippen molar-refractivity contribution >= 4 is 40.3 Å². The number of fused-ring (bicyclic) bond motifs is 1. The molecule has 2 heterocycles. The van der Waals surface area contributed by atoms with Gasteiger partial charge in [0.1, 0.15) is 5.52 Å². The normalized spacial score (nSPS) is 10.8. The number of nitrogens with one attached hydrogen (secondary N) is 2. The number of nitrogen functional groups attached to an aromatic ring is 1. The number of nitrogens with two attached hydrogens (primary N) is 1. The van der Waals surface area contributed by atoms with Crippen molar-refractivity contribution in [3.63, 3.8) is 0 Å². The maximum absolute atomic E-state index is 12.2. The van der Waals surface area contributed by atoms with E-state index < -0.39 is 0 Å². The number of amides is 1. The highest BCUT2D eigenvalue weighted by molar-refractivity contribution is 6.33. The SMILES string of the molecule is Cc1cc(N)cc(C(=O)Nc2nc(Cl)c3[nH]cnc3n2)c1. The number of hydrogen-bond acceptors (Lipinski definition) is 5. The largest absolute Gasteiger partial charge is 0.399 e. The van der Waals surface area contributed by atoms with Crippen LogP contribution in [0.5, 0.6) is 0 Å². The van der Waals surface area contributed by atoms with Gasteiger partial charge in [-0.05, 0) is 30.7 Å². The summed E-state index contributed by atoms with van der Waals surface area (Å²) in [4.78, 5) is 27.1. The quantitative estimate of drug-likeness (QED) is 0.496. The van der Waals surface area contributed by atoms with Crippen molar-refractivity contribution in [2.24, 2.45) is 0 Å². The summed E-state index contributed by atoms with van der Waals surface area (Å²) in [6, 6.07) is 5.08. The number of aromatic amines is 1. The second-order valence-corrected chi connectivity index (χ2v) is 4.88. The third-order valence-electron chi connectivity index (χ3n) is 2.83. The molecule has 4 N–H and O–H groups in total. The summed E-state index contributed by atoms with van der Waals surface area (Å²) in [5, 5.41) is 2.77. The molecular formula is C13H11ClN6O. The molecule has 21 heavy (non-hydrogen) atoms. The van der Waals surface area contributed by atoms with Gasteiger partial charge in [0.2, 0.25) is 5.95 Å². The first-order valence-electron chi connectivity index (χ1n) is 6.08. The number of anilines is 2. The predicted molar refractivity (Wildman–Crippen MR) is 80.2 cm³/mol. The second-order valence-electron chi connectivity index (χ2n) is 4.53. The Kier molecular flexibility index (Phi) is 3.19. The summed E-state index contributed by atoms with van der Waals surface area (Å²) in [5.41, 5.74) is 8.47. The minimum absolute atomic E-state index is 0.0877. The van der Waals surface area contributed by atoms with Gasteiger partial charge in [-0.2, -0.15) is 9.97 Å². The molecule has 3 aromatic rings. The van der Waals surface area contributed by atoms with Gasteiger partial charge in [0.05, 0.1) is 6.33 Å². The lowest BCUT2D eigenvalue weighted by molar-refractivity contribution is 0.102. The van der Waals surface area contributed by atoms with Crippen molar-refractivity contribution in [1.82, 2.24) is 19.9 Å². The van der Waals surface area contributed by atoms with Crippen LogP contribution in [-0.4, -0.2) is 25.8 Å². The number of carbonyl (C=O) groups is 1. The highest BCUT2D eigenvalue weighted by Crippen LogP contribution is 2.19. The van der Waals surface area contributed by atoms with E-state index in [2.05, 4.69) is 25.3 Å². The number of aromatic nitrogens is 4. The molecule has 0 spiro atoms. The molecule has 0 aliphatic carbocycles. The number of nitrogens with zero attached hydrogens (tertiary/aromatic N) is 3. The number of hydrogen-bond donors (Lipinski definition) is 3. The summed E-state index contributed by atoms with van der Waals surface area (Å²) in [5.74, 6) is -0.277. The van der Waals surface area contributed by atoms with Crippen LogP contribution in [0.3, 0.4) is 0 Å². The Balaban J connectivity index is 1.92. The molecule has 0 atom stereocenters. The zero-order valence-corrected chi connectivity index (χ0v) is 11.8. The standard InChI is InChI=1S/C13H11ClN6O/c1-6-2-7(4-8(15)3-6)12(21)20-13-18-10(14)9-11(19-13)17-5-16-9/h2-5H,15H2,1H3,(H2,16,17,18,19,20,21). The molecule has 0 aliphatic heterocycles. The molecule has 0 radical (unpaired) electrons. The Labute approximate surface area is 124 Å². The fraction of sp³-hybridized carbons (Fsp3) is 0.0769. The van der Waals surface area contributed by atoms with E-state index in [1.54, 1.807) is 18.2 Å². The molecular weight excluding hydrogens is 292 g/mol. The number of rotatable bonds is 2. The lowest BCUT2D eigenvalue weighted by Crippen LogP contribution is -2.15. The van der Waals surface area contributed by atoms with Crippen LogP contribution >= 0.6 is 11.6 Å². The van der Waals surface area contributed by atoms with E-state index in [0.717, 1.165) is 5.56 Å². The van der Waals surface area contributed by atoms with Crippen molar-refractivity contribution in [1.29, 1.82) is 0 Å². The van der Waals surface area contributed by atoms with Crippen molar-refractivity contribution in [2.45, 2.75) is 6.92 Å². The zero-order chi connectivity index (χ0) is 15.0. The molecule has 8 heteroatoms. The van der Waals surface area contributed by atoms with E-state index in [0.29, 0.717) is 22.4 Å². The van der Waals surface area contributed by atoms with Crippen molar-refractivity contribution < 1.29 is 4.79 Å². The van der Waals surface area contributed by atoms with Crippen LogP contribution in [-0.2, 0) is 0 Å². The highest BCUT2D eigenvalue weighted by Gasteiger charge is 2.12. The van der Waals surface area contributed by atoms with Crippen LogP contribution in [0.2, 0.25) is 5.15 Å². The van der Waals surface area contributed by atoms with Crippen LogP contribution < -0.4 is 11.1 Å². The van der Waals surface area contributed by atoms with Crippen LogP contribution in [0.1, 0.15) is 15.9 Å². The maximum Gasteiger partial charge on any atom is 0.258 e. The van der Waals surface area contributed by atoms with Gasteiger partial charge in [-0.25, -0.2) is 4.98 Å². The first-order valence-corrected chi connectivity index (χ1v) is 6.46. The van der Waals surface area contributed by atoms with Crippen LogP contribution in [0.15, 0.2) is 24.5 Å². The lowest BCUT2D eigenvalue weighted by atomic mass is 10.1. The average Bonchev–Trinajstić information content (AvgIpc) is 2.86. The Hall–Kier alpha value is -2.67. The fourth-order valence-electron chi connectivity index (χ4n) is 1.97. The molecule has 3 rings (SSSR count). The van der Waals surface area contributed by atoms with Crippen LogP contribution in [0.4, 0.5) is 11.6 Å². The van der Waals surface area contributed by atoms with Crippen molar-refractivity contribution in [3.05, 3.63) is 40.8 Å². The Morgan fingerprint density at radius 2 is 2.14 bits per heavy atom. The zero-order valence-electron chi connectivity index (χ0n) is 11.0. The molecule has 106 valence electrons. The number of halogens is 1.